The van der Waals surface area contributed by atoms with Crippen LogP contribution in [0.25, 0.3) is 16.9 Å². The molecule has 3 aromatic rings. The Morgan fingerprint density at radius 3 is 2.32 bits per heavy atom. The minimum Gasteiger partial charge on any atom is -0.508 e. The van der Waals surface area contributed by atoms with Gasteiger partial charge in [-0.25, -0.2) is 0 Å². The number of ketones is 2. The first-order valence-electron chi connectivity index (χ1n) is 14.4. The number of amides is 1. The second-order valence-electron chi connectivity index (χ2n) is 11.6. The Balaban J connectivity index is 1.27. The summed E-state index contributed by atoms with van der Waals surface area (Å²) in [4.78, 5) is 38.1. The minimum absolute atomic E-state index is 0.0718. The second-order valence-corrected chi connectivity index (χ2v) is 12.1. The van der Waals surface area contributed by atoms with Crippen molar-refractivity contribution in [3.8, 4) is 16.9 Å². The van der Waals surface area contributed by atoms with Crippen LogP contribution in [0.15, 0.2) is 77.6 Å². The van der Waals surface area contributed by atoms with E-state index in [9.17, 15) is 34.8 Å². The molecule has 3 unspecified atom stereocenters. The van der Waals surface area contributed by atoms with Crippen molar-refractivity contribution in [3.63, 3.8) is 0 Å². The van der Waals surface area contributed by atoms with E-state index in [4.69, 9.17) is 17.3 Å². The number of primary amides is 1. The number of Topliss-reactive ketones (excluding diaryl/α,β-unsaturated/α-hetero) is 2. The topological polar surface area (TPSA) is 170 Å². The summed E-state index contributed by atoms with van der Waals surface area (Å²) < 4.78 is 0. The average molecular weight is 615 g/mol. The number of phenols is 1. The van der Waals surface area contributed by atoms with Crippen LogP contribution in [0, 0.1) is 11.8 Å². The lowest BCUT2D eigenvalue weighted by atomic mass is 9.59. The molecular formula is C34H31ClN2O7. The van der Waals surface area contributed by atoms with Gasteiger partial charge in [0.15, 0.2) is 11.4 Å². The van der Waals surface area contributed by atoms with Crippen LogP contribution in [0.3, 0.4) is 0 Å². The Labute approximate surface area is 258 Å². The van der Waals surface area contributed by atoms with E-state index in [1.165, 1.54) is 11.6 Å². The van der Waals surface area contributed by atoms with Gasteiger partial charge in [0.25, 0.3) is 5.91 Å². The van der Waals surface area contributed by atoms with Gasteiger partial charge < -0.3 is 31.5 Å². The van der Waals surface area contributed by atoms with Crippen LogP contribution in [0.1, 0.15) is 35.1 Å². The van der Waals surface area contributed by atoms with Crippen LogP contribution in [0.2, 0.25) is 5.02 Å². The molecule has 0 saturated heterocycles. The first kappa shape index (κ1) is 29.6. The molecule has 44 heavy (non-hydrogen) atoms. The number of hydrogen-bond acceptors (Lipinski definition) is 8. The molecule has 3 aliphatic rings. The first-order valence-corrected chi connectivity index (χ1v) is 14.7. The number of fused-ring (bicyclic) bond motifs is 3. The number of hydrogen-bond donors (Lipinski definition) is 6. The Morgan fingerprint density at radius 1 is 0.955 bits per heavy atom. The molecule has 0 bridgehead atoms. The number of aliphatic hydroxyl groups is 3. The molecule has 1 saturated carbocycles. The van der Waals surface area contributed by atoms with Crippen LogP contribution < -0.4 is 11.1 Å². The highest BCUT2D eigenvalue weighted by Crippen LogP contribution is 2.53. The largest absolute Gasteiger partial charge is 0.508 e. The maximum Gasteiger partial charge on any atom is 0.255 e. The van der Waals surface area contributed by atoms with Gasteiger partial charge in [0.05, 0.1) is 5.56 Å². The third-order valence-electron chi connectivity index (χ3n) is 9.04. The van der Waals surface area contributed by atoms with Gasteiger partial charge in [-0.1, -0.05) is 54.1 Å². The van der Waals surface area contributed by atoms with Gasteiger partial charge in [-0.15, -0.1) is 0 Å². The van der Waals surface area contributed by atoms with Crippen LogP contribution in [-0.2, 0) is 33.8 Å². The number of carbonyl (C=O) groups is 3. The number of aromatic hydroxyl groups is 1. The van der Waals surface area contributed by atoms with Crippen LogP contribution in [0.4, 0.5) is 0 Å². The molecule has 10 heteroatoms. The molecule has 0 aromatic heterocycles. The van der Waals surface area contributed by atoms with Crippen molar-refractivity contribution in [2.75, 3.05) is 6.54 Å². The summed E-state index contributed by atoms with van der Waals surface area (Å²) in [6.45, 7) is 1.46. The third-order valence-corrected chi connectivity index (χ3v) is 9.30. The number of nitrogens with two attached hydrogens (primary N) is 1. The fourth-order valence-electron chi connectivity index (χ4n) is 6.81. The molecule has 3 aliphatic carbocycles. The molecule has 0 heterocycles. The second kappa shape index (κ2) is 11.2. The Morgan fingerprint density at radius 2 is 1.64 bits per heavy atom. The number of phenolic OH excluding ortho intramolecular Hbond substituents is 1. The Kier molecular flexibility index (Phi) is 7.57. The SMILES string of the molecule is NC(=O)C1=C(O)C2(O)C(=O)C3=C(O)c4c(O)ccc(-c5ccc(CNCCc6ccc(Cl)cc6)cc5)c4CC3CC2CC1=O. The molecule has 6 rings (SSSR count). The summed E-state index contributed by atoms with van der Waals surface area (Å²) in [6.07, 6.45) is 0.834. The monoisotopic (exact) mass is 614 g/mol. The summed E-state index contributed by atoms with van der Waals surface area (Å²) >= 11 is 5.95. The van der Waals surface area contributed by atoms with E-state index in [-0.39, 0.29) is 36.1 Å². The summed E-state index contributed by atoms with van der Waals surface area (Å²) in [5.41, 5.74) is 6.28. The minimum atomic E-state index is -2.58. The van der Waals surface area contributed by atoms with E-state index in [2.05, 4.69) is 5.32 Å². The molecule has 7 N–H and O–H groups in total. The summed E-state index contributed by atoms with van der Waals surface area (Å²) in [5.74, 6) is -6.44. The number of halogens is 1. The normalized spacial score (nSPS) is 22.9. The molecule has 0 aliphatic heterocycles. The van der Waals surface area contributed by atoms with Gasteiger partial charge in [0.2, 0.25) is 5.78 Å². The van der Waals surface area contributed by atoms with E-state index >= 15 is 0 Å². The van der Waals surface area contributed by atoms with Crippen molar-refractivity contribution < 1.29 is 34.8 Å². The van der Waals surface area contributed by atoms with Crippen molar-refractivity contribution >= 4 is 34.8 Å². The van der Waals surface area contributed by atoms with Crippen molar-refractivity contribution in [2.45, 2.75) is 37.8 Å². The fourth-order valence-corrected chi connectivity index (χ4v) is 6.94. The molecule has 3 aromatic carbocycles. The van der Waals surface area contributed by atoms with Gasteiger partial charge >= 0.3 is 0 Å². The molecule has 0 radical (unpaired) electrons. The zero-order chi connectivity index (χ0) is 31.3. The molecule has 3 atom stereocenters. The van der Waals surface area contributed by atoms with Gasteiger partial charge in [-0.05, 0) is 77.7 Å². The molecule has 1 amide bonds. The van der Waals surface area contributed by atoms with Crippen molar-refractivity contribution in [2.24, 2.45) is 17.6 Å². The smallest absolute Gasteiger partial charge is 0.255 e. The highest BCUT2D eigenvalue weighted by molar-refractivity contribution is 6.30. The van der Waals surface area contributed by atoms with Gasteiger partial charge in [-0.3, -0.25) is 14.4 Å². The molecule has 226 valence electrons. The van der Waals surface area contributed by atoms with E-state index < -0.39 is 52.0 Å². The number of aliphatic hydroxyl groups excluding tert-OH is 2. The number of rotatable bonds is 7. The van der Waals surface area contributed by atoms with E-state index in [1.54, 1.807) is 6.07 Å². The number of carbonyl (C=O) groups excluding carboxylic acids is 3. The predicted molar refractivity (Wildman–Crippen MR) is 164 cm³/mol. The van der Waals surface area contributed by atoms with Crippen LogP contribution >= 0.6 is 11.6 Å². The molecular weight excluding hydrogens is 584 g/mol. The summed E-state index contributed by atoms with van der Waals surface area (Å²) in [5, 5.41) is 48.4. The Hall–Kier alpha value is -4.44. The summed E-state index contributed by atoms with van der Waals surface area (Å²) in [7, 11) is 0. The third kappa shape index (κ3) is 4.87. The quantitative estimate of drug-likeness (QED) is 0.171. The first-order chi connectivity index (χ1) is 21.0. The highest BCUT2D eigenvalue weighted by Gasteiger charge is 2.60. The fraction of sp³-hybridized carbons (Fsp3) is 0.265. The zero-order valence-corrected chi connectivity index (χ0v) is 24.4. The van der Waals surface area contributed by atoms with E-state index in [0.29, 0.717) is 17.1 Å². The predicted octanol–water partition coefficient (Wildman–Crippen LogP) is 4.08. The van der Waals surface area contributed by atoms with Gasteiger partial charge in [0.1, 0.15) is 22.8 Å². The lowest BCUT2D eigenvalue weighted by Crippen LogP contribution is -2.58. The molecule has 0 spiro atoms. The standard InChI is InChI=1S/C34H31ClN2O7/c35-22-7-3-17(4-8-22)11-12-37-16-18-1-5-19(6-2-18)23-9-10-25(38)28-24(23)14-20-13-21-15-26(39)29(33(36)43)32(42)34(21,44)31(41)27(20)30(28)40/h1-10,20-21,37-38,40,42,44H,11-16H2,(H2,36,43). The average Bonchev–Trinajstić information content (AvgIpc) is 2.98. The highest BCUT2D eigenvalue weighted by atomic mass is 35.5. The van der Waals surface area contributed by atoms with Crippen molar-refractivity contribution in [1.29, 1.82) is 0 Å². The number of nitrogens with one attached hydrogen (secondary N) is 1. The van der Waals surface area contributed by atoms with Gasteiger partial charge in [-0.2, -0.15) is 0 Å². The lowest BCUT2D eigenvalue weighted by molar-refractivity contribution is -0.147. The summed E-state index contributed by atoms with van der Waals surface area (Å²) in [6, 6.07) is 18.9. The van der Waals surface area contributed by atoms with Crippen molar-refractivity contribution in [3.05, 3.63) is 105 Å². The molecule has 1 fully saturated rings. The van der Waals surface area contributed by atoms with Crippen LogP contribution in [-0.4, -0.2) is 50.0 Å². The zero-order valence-electron chi connectivity index (χ0n) is 23.6. The lowest BCUT2D eigenvalue weighted by Gasteiger charge is -2.46. The van der Waals surface area contributed by atoms with Crippen molar-refractivity contribution in [1.82, 2.24) is 5.32 Å². The van der Waals surface area contributed by atoms with Crippen LogP contribution in [0.5, 0.6) is 5.75 Å². The molecule has 9 nitrogen and oxygen atoms in total. The maximum absolute atomic E-state index is 13.7. The number of benzene rings is 3. The maximum atomic E-state index is 13.7. The van der Waals surface area contributed by atoms with Gasteiger partial charge in [0, 0.05) is 29.5 Å². The van der Waals surface area contributed by atoms with E-state index in [1.807, 2.05) is 48.5 Å². The van der Waals surface area contributed by atoms with E-state index in [0.717, 1.165) is 29.7 Å². The Bertz CT molecular complexity index is 1760.